The minimum Gasteiger partial charge on any atom is -0.319 e. The van der Waals surface area contributed by atoms with Gasteiger partial charge in [-0.15, -0.1) is 0 Å². The highest BCUT2D eigenvalue weighted by molar-refractivity contribution is 7.08. The van der Waals surface area contributed by atoms with E-state index in [1.165, 1.54) is 16.2 Å². The number of hydrogen-bond acceptors (Lipinski definition) is 4. The molecule has 0 saturated carbocycles. The molecule has 0 bridgehead atoms. The normalized spacial score (nSPS) is 20.3. The Bertz CT molecular complexity index is 989. The Hall–Kier alpha value is -2.44. The summed E-state index contributed by atoms with van der Waals surface area (Å²) in [5.41, 5.74) is 1.08. The van der Waals surface area contributed by atoms with Crippen LogP contribution in [0.25, 0.3) is 10.9 Å². The number of nitrogens with zero attached hydrogens (tertiary/aromatic N) is 2. The maximum Gasteiger partial charge on any atom is 0.325 e. The van der Waals surface area contributed by atoms with Crippen molar-refractivity contribution in [2.24, 2.45) is 0 Å². The van der Waals surface area contributed by atoms with Gasteiger partial charge in [-0.25, -0.2) is 4.79 Å². The lowest BCUT2D eigenvalue weighted by molar-refractivity contribution is -0.131. The molecule has 7 heteroatoms. The van der Waals surface area contributed by atoms with Crippen molar-refractivity contribution in [1.82, 2.24) is 15.2 Å². The first-order chi connectivity index (χ1) is 12.0. The molecule has 1 atom stereocenters. The predicted molar refractivity (Wildman–Crippen MR) is 97.5 cm³/mol. The van der Waals surface area contributed by atoms with Gasteiger partial charge in [0.2, 0.25) is 0 Å². The third-order valence-electron chi connectivity index (χ3n) is 4.51. The third kappa shape index (κ3) is 2.49. The molecule has 0 radical (unpaired) electrons. The summed E-state index contributed by atoms with van der Waals surface area (Å²) in [6.07, 6.45) is 1.67. The molecule has 25 heavy (non-hydrogen) atoms. The molecule has 1 unspecified atom stereocenters. The summed E-state index contributed by atoms with van der Waals surface area (Å²) in [6, 6.07) is 8.80. The van der Waals surface area contributed by atoms with Crippen LogP contribution in [0.15, 0.2) is 47.3 Å². The second kappa shape index (κ2) is 5.82. The Labute approximate surface area is 153 Å². The quantitative estimate of drug-likeness (QED) is 0.710. The number of thiophene rings is 1. The van der Waals surface area contributed by atoms with E-state index >= 15 is 0 Å². The average Bonchev–Trinajstić information content (AvgIpc) is 3.21. The fourth-order valence-corrected chi connectivity index (χ4v) is 4.05. The van der Waals surface area contributed by atoms with Crippen molar-refractivity contribution in [2.45, 2.75) is 19.0 Å². The van der Waals surface area contributed by atoms with Gasteiger partial charge in [-0.1, -0.05) is 23.7 Å². The van der Waals surface area contributed by atoms with Crippen LogP contribution in [-0.2, 0) is 16.9 Å². The number of halogens is 1. The van der Waals surface area contributed by atoms with E-state index in [0.29, 0.717) is 16.1 Å². The van der Waals surface area contributed by atoms with E-state index < -0.39 is 11.6 Å². The Balaban J connectivity index is 1.74. The van der Waals surface area contributed by atoms with Crippen LogP contribution >= 0.6 is 22.9 Å². The fraction of sp³-hybridized carbons (Fsp3) is 0.167. The number of rotatable bonds is 3. The molecule has 1 aromatic carbocycles. The van der Waals surface area contributed by atoms with Crippen LogP contribution in [-0.4, -0.2) is 21.8 Å². The van der Waals surface area contributed by atoms with Gasteiger partial charge < -0.3 is 5.32 Å². The van der Waals surface area contributed by atoms with Gasteiger partial charge in [0.1, 0.15) is 5.54 Å². The molecule has 4 rings (SSSR count). The van der Waals surface area contributed by atoms with Crippen molar-refractivity contribution < 1.29 is 9.59 Å². The van der Waals surface area contributed by atoms with Gasteiger partial charge in [0.05, 0.1) is 12.1 Å². The topological polar surface area (TPSA) is 62.3 Å². The number of fused-ring (bicyclic) bond motifs is 1. The lowest BCUT2D eigenvalue weighted by Gasteiger charge is -2.21. The zero-order valence-electron chi connectivity index (χ0n) is 13.3. The first kappa shape index (κ1) is 16.1. The number of aromatic nitrogens is 1. The summed E-state index contributed by atoms with van der Waals surface area (Å²) < 4.78 is 0. The van der Waals surface area contributed by atoms with Gasteiger partial charge in [0.25, 0.3) is 5.91 Å². The maximum absolute atomic E-state index is 13.0. The lowest BCUT2D eigenvalue weighted by atomic mass is 9.95. The molecule has 1 saturated heterocycles. The summed E-state index contributed by atoms with van der Waals surface area (Å²) in [6.45, 7) is 1.80. The van der Waals surface area contributed by atoms with Crippen LogP contribution < -0.4 is 5.32 Å². The molecule has 1 aliphatic heterocycles. The van der Waals surface area contributed by atoms with Gasteiger partial charge in [-0.05, 0) is 41.4 Å². The van der Waals surface area contributed by atoms with Crippen molar-refractivity contribution in [2.75, 3.05) is 0 Å². The third-order valence-corrected chi connectivity index (χ3v) is 5.55. The highest BCUT2D eigenvalue weighted by Crippen LogP contribution is 2.33. The Morgan fingerprint density at radius 1 is 1.28 bits per heavy atom. The SMILES string of the molecule is CC1(c2ccsc2)NC(=O)N(Cc2c(Cl)ccc3cccnc23)C1=O. The molecule has 126 valence electrons. The van der Waals surface area contributed by atoms with Crippen molar-refractivity contribution in [3.8, 4) is 0 Å². The van der Waals surface area contributed by atoms with Crippen LogP contribution in [0, 0.1) is 0 Å². The Morgan fingerprint density at radius 3 is 2.88 bits per heavy atom. The Morgan fingerprint density at radius 2 is 2.12 bits per heavy atom. The first-order valence-corrected chi connectivity index (χ1v) is 9.01. The molecule has 2 aromatic heterocycles. The van der Waals surface area contributed by atoms with E-state index in [1.54, 1.807) is 19.2 Å². The molecular weight excluding hydrogens is 358 g/mol. The van der Waals surface area contributed by atoms with E-state index in [0.717, 1.165) is 10.9 Å². The van der Waals surface area contributed by atoms with E-state index in [4.69, 9.17) is 11.6 Å². The van der Waals surface area contributed by atoms with Crippen LogP contribution in [0.5, 0.6) is 0 Å². The number of amides is 3. The zero-order valence-corrected chi connectivity index (χ0v) is 14.9. The van der Waals surface area contributed by atoms with Gasteiger partial charge in [0.15, 0.2) is 0 Å². The highest BCUT2D eigenvalue weighted by Gasteiger charge is 2.49. The maximum atomic E-state index is 13.0. The number of carbonyl (C=O) groups is 2. The fourth-order valence-electron chi connectivity index (χ4n) is 3.07. The Kier molecular flexibility index (Phi) is 3.74. The monoisotopic (exact) mass is 371 g/mol. The molecular formula is C18H14ClN3O2S. The molecule has 1 N–H and O–H groups in total. The van der Waals surface area contributed by atoms with Crippen LogP contribution in [0.4, 0.5) is 4.79 Å². The second-order valence-corrected chi connectivity index (χ2v) is 7.25. The number of imide groups is 1. The average molecular weight is 372 g/mol. The number of pyridine rings is 1. The molecule has 1 fully saturated rings. The first-order valence-electron chi connectivity index (χ1n) is 7.69. The summed E-state index contributed by atoms with van der Waals surface area (Å²) in [4.78, 5) is 31.0. The zero-order chi connectivity index (χ0) is 17.6. The molecule has 0 aliphatic carbocycles. The molecule has 5 nitrogen and oxygen atoms in total. The van der Waals surface area contributed by atoms with Crippen LogP contribution in [0.1, 0.15) is 18.1 Å². The summed E-state index contributed by atoms with van der Waals surface area (Å²) in [7, 11) is 0. The van der Waals surface area contributed by atoms with E-state index in [9.17, 15) is 9.59 Å². The van der Waals surface area contributed by atoms with Crippen LogP contribution in [0.3, 0.4) is 0 Å². The van der Waals surface area contributed by atoms with Crippen molar-refractivity contribution >= 4 is 45.8 Å². The highest BCUT2D eigenvalue weighted by atomic mass is 35.5. The van der Waals surface area contributed by atoms with Gasteiger partial charge in [0, 0.05) is 22.2 Å². The number of carbonyl (C=O) groups excluding carboxylic acids is 2. The smallest absolute Gasteiger partial charge is 0.319 e. The molecule has 0 spiro atoms. The standard InChI is InChI=1S/C18H14ClN3O2S/c1-18(12-6-8-25-10-12)16(23)22(17(24)21-18)9-13-14(19)5-4-11-3-2-7-20-15(11)13/h2-8,10H,9H2,1H3,(H,21,24). The summed E-state index contributed by atoms with van der Waals surface area (Å²) in [5, 5.41) is 7.95. The largest absolute Gasteiger partial charge is 0.325 e. The van der Waals surface area contributed by atoms with E-state index in [2.05, 4.69) is 10.3 Å². The predicted octanol–water partition coefficient (Wildman–Crippen LogP) is 3.92. The van der Waals surface area contributed by atoms with E-state index in [-0.39, 0.29) is 12.5 Å². The number of urea groups is 1. The van der Waals surface area contributed by atoms with Crippen LogP contribution in [0.2, 0.25) is 5.02 Å². The van der Waals surface area contributed by atoms with E-state index in [1.807, 2.05) is 35.0 Å². The molecule has 3 aromatic rings. The lowest BCUT2D eigenvalue weighted by Crippen LogP contribution is -2.40. The summed E-state index contributed by atoms with van der Waals surface area (Å²) >= 11 is 7.82. The van der Waals surface area contributed by atoms with Crippen molar-refractivity contribution in [3.63, 3.8) is 0 Å². The van der Waals surface area contributed by atoms with Crippen molar-refractivity contribution in [3.05, 3.63) is 63.4 Å². The van der Waals surface area contributed by atoms with Gasteiger partial charge in [-0.2, -0.15) is 11.3 Å². The van der Waals surface area contributed by atoms with Crippen molar-refractivity contribution in [1.29, 1.82) is 0 Å². The number of nitrogens with one attached hydrogen (secondary N) is 1. The summed E-state index contributed by atoms with van der Waals surface area (Å²) in [5.74, 6) is -0.292. The molecule has 1 aliphatic rings. The van der Waals surface area contributed by atoms with Gasteiger partial charge >= 0.3 is 6.03 Å². The number of hydrogen-bond donors (Lipinski definition) is 1. The minimum absolute atomic E-state index is 0.0809. The molecule has 3 amide bonds. The van der Waals surface area contributed by atoms with Gasteiger partial charge in [-0.3, -0.25) is 14.7 Å². The molecule has 3 heterocycles. The second-order valence-electron chi connectivity index (χ2n) is 6.06. The number of benzene rings is 1. The minimum atomic E-state index is -1.05.